The van der Waals surface area contributed by atoms with E-state index in [1.54, 1.807) is 14.2 Å². The molecule has 0 aliphatic rings. The van der Waals surface area contributed by atoms with Crippen LogP contribution in [0.25, 0.3) is 0 Å². The highest BCUT2D eigenvalue weighted by molar-refractivity contribution is 7.80. The Morgan fingerprint density at radius 2 is 1.32 bits per heavy atom. The molecule has 8 heteroatoms. The SMILES string of the molecule is COc1ccc(CNC(=S)NNC(=S)Nc2ccc(OC)cc2)cc1. The number of thiocarbonyl (C=S) groups is 2. The van der Waals surface area contributed by atoms with Gasteiger partial charge >= 0.3 is 0 Å². The molecule has 132 valence electrons. The van der Waals surface area contributed by atoms with Crippen LogP contribution in [-0.2, 0) is 6.54 Å². The first-order valence-electron chi connectivity index (χ1n) is 7.48. The van der Waals surface area contributed by atoms with Crippen LogP contribution < -0.4 is 31.0 Å². The Balaban J connectivity index is 1.70. The van der Waals surface area contributed by atoms with Crippen LogP contribution in [0.5, 0.6) is 11.5 Å². The van der Waals surface area contributed by atoms with Crippen LogP contribution in [0.15, 0.2) is 48.5 Å². The van der Waals surface area contributed by atoms with Crippen molar-refractivity contribution in [3.05, 3.63) is 54.1 Å². The number of hydrogen-bond donors (Lipinski definition) is 4. The van der Waals surface area contributed by atoms with Gasteiger partial charge in [-0.15, -0.1) is 0 Å². The maximum absolute atomic E-state index is 5.20. The second-order valence-corrected chi connectivity index (χ2v) is 5.78. The summed E-state index contributed by atoms with van der Waals surface area (Å²) in [5.74, 6) is 1.60. The Bertz CT molecular complexity index is 706. The Morgan fingerprint density at radius 3 is 1.88 bits per heavy atom. The maximum Gasteiger partial charge on any atom is 0.189 e. The highest BCUT2D eigenvalue weighted by Crippen LogP contribution is 2.14. The van der Waals surface area contributed by atoms with Gasteiger partial charge in [0.15, 0.2) is 10.2 Å². The Hall–Kier alpha value is -2.58. The van der Waals surface area contributed by atoms with Crippen LogP contribution in [0.3, 0.4) is 0 Å². The van der Waals surface area contributed by atoms with Gasteiger partial charge < -0.3 is 20.1 Å². The fraction of sp³-hybridized carbons (Fsp3) is 0.176. The summed E-state index contributed by atoms with van der Waals surface area (Å²) in [6.07, 6.45) is 0. The number of methoxy groups -OCH3 is 2. The molecule has 0 fully saturated rings. The van der Waals surface area contributed by atoms with E-state index in [-0.39, 0.29) is 0 Å². The van der Waals surface area contributed by atoms with Crippen molar-refractivity contribution in [3.8, 4) is 11.5 Å². The number of anilines is 1. The molecule has 4 N–H and O–H groups in total. The van der Waals surface area contributed by atoms with Crippen molar-refractivity contribution in [2.75, 3.05) is 19.5 Å². The molecule has 0 heterocycles. The molecule has 2 aromatic rings. The summed E-state index contributed by atoms with van der Waals surface area (Å²) in [6.45, 7) is 0.593. The molecule has 0 unspecified atom stereocenters. The van der Waals surface area contributed by atoms with Crippen LogP contribution in [0.2, 0.25) is 0 Å². The van der Waals surface area contributed by atoms with Gasteiger partial charge in [-0.2, -0.15) is 0 Å². The molecule has 0 aromatic heterocycles. The second-order valence-electron chi connectivity index (χ2n) is 4.96. The Kier molecular flexibility index (Phi) is 7.24. The molecular weight excluding hydrogens is 356 g/mol. The topological polar surface area (TPSA) is 66.6 Å². The van der Waals surface area contributed by atoms with Crippen LogP contribution in [0, 0.1) is 0 Å². The average molecular weight is 377 g/mol. The van der Waals surface area contributed by atoms with Crippen molar-refractivity contribution in [2.24, 2.45) is 0 Å². The first-order valence-corrected chi connectivity index (χ1v) is 8.30. The summed E-state index contributed by atoms with van der Waals surface area (Å²) in [4.78, 5) is 0. The molecule has 0 saturated heterocycles. The van der Waals surface area contributed by atoms with Crippen molar-refractivity contribution in [1.82, 2.24) is 16.2 Å². The predicted octanol–water partition coefficient (Wildman–Crippen LogP) is 2.57. The van der Waals surface area contributed by atoms with Gasteiger partial charge in [-0.05, 0) is 66.4 Å². The predicted molar refractivity (Wildman–Crippen MR) is 108 cm³/mol. The van der Waals surface area contributed by atoms with E-state index < -0.39 is 0 Å². The molecule has 0 aliphatic heterocycles. The molecule has 2 aromatic carbocycles. The van der Waals surface area contributed by atoms with Gasteiger partial charge in [0.1, 0.15) is 11.5 Å². The third-order valence-electron chi connectivity index (χ3n) is 3.25. The van der Waals surface area contributed by atoms with Gasteiger partial charge in [0, 0.05) is 12.2 Å². The molecule has 6 nitrogen and oxygen atoms in total. The molecule has 0 radical (unpaired) electrons. The molecular formula is C17H20N4O2S2. The van der Waals surface area contributed by atoms with E-state index in [0.717, 1.165) is 22.7 Å². The first kappa shape index (κ1) is 18.8. The lowest BCUT2D eigenvalue weighted by Crippen LogP contribution is -2.47. The second kappa shape index (κ2) is 9.65. The van der Waals surface area contributed by atoms with Crippen LogP contribution in [-0.4, -0.2) is 24.4 Å². The van der Waals surface area contributed by atoms with E-state index in [2.05, 4.69) is 21.5 Å². The first-order chi connectivity index (χ1) is 12.1. The van der Waals surface area contributed by atoms with Crippen LogP contribution >= 0.6 is 24.4 Å². The number of benzene rings is 2. The molecule has 0 atom stereocenters. The van der Waals surface area contributed by atoms with Crippen LogP contribution in [0.1, 0.15) is 5.56 Å². The highest BCUT2D eigenvalue weighted by Gasteiger charge is 2.00. The fourth-order valence-corrected chi connectivity index (χ4v) is 2.21. The summed E-state index contributed by atoms with van der Waals surface area (Å²) in [5, 5.41) is 6.96. The van der Waals surface area contributed by atoms with Gasteiger partial charge in [-0.3, -0.25) is 10.9 Å². The van der Waals surface area contributed by atoms with Crippen molar-refractivity contribution >= 4 is 40.3 Å². The van der Waals surface area contributed by atoms with Gasteiger partial charge in [-0.1, -0.05) is 12.1 Å². The zero-order valence-electron chi connectivity index (χ0n) is 14.0. The average Bonchev–Trinajstić information content (AvgIpc) is 2.65. The lowest BCUT2D eigenvalue weighted by atomic mass is 10.2. The molecule has 2 rings (SSSR count). The zero-order valence-corrected chi connectivity index (χ0v) is 15.6. The zero-order chi connectivity index (χ0) is 18.1. The van der Waals surface area contributed by atoms with Crippen molar-refractivity contribution in [2.45, 2.75) is 6.54 Å². The molecule has 0 amide bonds. The van der Waals surface area contributed by atoms with Gasteiger partial charge in [-0.25, -0.2) is 0 Å². The number of nitrogens with one attached hydrogen (secondary N) is 4. The molecule has 0 bridgehead atoms. The largest absolute Gasteiger partial charge is 0.497 e. The number of hydrogen-bond acceptors (Lipinski definition) is 4. The van der Waals surface area contributed by atoms with Gasteiger partial charge in [0.2, 0.25) is 0 Å². The van der Waals surface area contributed by atoms with E-state index in [1.165, 1.54) is 0 Å². The summed E-state index contributed by atoms with van der Waals surface area (Å²) in [5.41, 5.74) is 7.60. The summed E-state index contributed by atoms with van der Waals surface area (Å²) >= 11 is 10.4. The highest BCUT2D eigenvalue weighted by atomic mass is 32.1. The number of rotatable bonds is 5. The summed E-state index contributed by atoms with van der Waals surface area (Å²) in [7, 11) is 3.26. The molecule has 0 spiro atoms. The van der Waals surface area contributed by atoms with Crippen molar-refractivity contribution in [3.63, 3.8) is 0 Å². The Labute approximate surface area is 157 Å². The van der Waals surface area contributed by atoms with E-state index >= 15 is 0 Å². The van der Waals surface area contributed by atoms with E-state index in [1.807, 2.05) is 48.5 Å². The monoisotopic (exact) mass is 376 g/mol. The standard InChI is InChI=1S/C17H20N4O2S2/c1-22-14-7-3-12(4-8-14)11-18-16(24)20-21-17(25)19-13-5-9-15(23-2)10-6-13/h3-10H,11H2,1-2H3,(H2,18,20,24)(H2,19,21,25). The van der Waals surface area contributed by atoms with Crippen molar-refractivity contribution in [1.29, 1.82) is 0 Å². The molecule has 0 saturated carbocycles. The van der Waals surface area contributed by atoms with E-state index in [0.29, 0.717) is 16.8 Å². The molecule has 25 heavy (non-hydrogen) atoms. The molecule has 0 aliphatic carbocycles. The summed E-state index contributed by atoms with van der Waals surface area (Å²) < 4.78 is 10.2. The summed E-state index contributed by atoms with van der Waals surface area (Å²) in [6, 6.07) is 15.2. The number of hydrazine groups is 1. The minimum atomic E-state index is 0.402. The fourth-order valence-electron chi connectivity index (χ4n) is 1.92. The van der Waals surface area contributed by atoms with Gasteiger partial charge in [0.05, 0.1) is 14.2 Å². The van der Waals surface area contributed by atoms with E-state index in [9.17, 15) is 0 Å². The smallest absolute Gasteiger partial charge is 0.189 e. The maximum atomic E-state index is 5.20. The lowest BCUT2D eigenvalue weighted by molar-refractivity contribution is 0.414. The van der Waals surface area contributed by atoms with Crippen LogP contribution in [0.4, 0.5) is 5.69 Å². The van der Waals surface area contributed by atoms with E-state index in [4.69, 9.17) is 33.9 Å². The quantitative estimate of drug-likeness (QED) is 0.469. The lowest BCUT2D eigenvalue weighted by Gasteiger charge is -2.14. The third kappa shape index (κ3) is 6.44. The van der Waals surface area contributed by atoms with Crippen molar-refractivity contribution < 1.29 is 9.47 Å². The minimum Gasteiger partial charge on any atom is -0.497 e. The third-order valence-corrected chi connectivity index (χ3v) is 3.70. The normalized spacial score (nSPS) is 9.68. The Morgan fingerprint density at radius 1 is 0.800 bits per heavy atom. The number of ether oxygens (including phenoxy) is 2. The minimum absolute atomic E-state index is 0.402. The van der Waals surface area contributed by atoms with Gasteiger partial charge in [0.25, 0.3) is 0 Å².